The van der Waals surface area contributed by atoms with E-state index in [2.05, 4.69) is 20.6 Å². The van der Waals surface area contributed by atoms with Crippen LogP contribution in [0.15, 0.2) is 12.4 Å². The van der Waals surface area contributed by atoms with Crippen LogP contribution in [0.5, 0.6) is 0 Å². The third-order valence-electron chi connectivity index (χ3n) is 1.04. The predicted molar refractivity (Wildman–Crippen MR) is 43.0 cm³/mol. The van der Waals surface area contributed by atoms with Crippen molar-refractivity contribution < 1.29 is 20.6 Å². The summed E-state index contributed by atoms with van der Waals surface area (Å²) in [6, 6.07) is 0. The van der Waals surface area contributed by atoms with Crippen LogP contribution in [0.25, 0.3) is 0 Å². The molecule has 0 fully saturated rings. The molecule has 0 amide bonds. The molecule has 57 valence electrons. The molecule has 1 rings (SSSR count). The molecule has 0 atom stereocenters. The van der Waals surface area contributed by atoms with E-state index in [1.54, 1.807) is 0 Å². The van der Waals surface area contributed by atoms with Gasteiger partial charge in [0.25, 0.3) is 0 Å². The van der Waals surface area contributed by atoms with Gasteiger partial charge in [-0.15, -0.1) is 24.0 Å². The molecule has 1 heterocycles. The molecule has 0 bridgehead atoms. The molecular weight excluding hydrogens is 323 g/mol. The van der Waals surface area contributed by atoms with Gasteiger partial charge in [-0.25, -0.2) is 0 Å². The zero-order chi connectivity index (χ0) is 6.15. The molecule has 0 saturated carbocycles. The van der Waals surface area contributed by atoms with Crippen LogP contribution in [0.3, 0.4) is 0 Å². The zero-order valence-electron chi connectivity index (χ0n) is 5.26. The molecule has 0 radical (unpaired) electrons. The van der Waals surface area contributed by atoms with Gasteiger partial charge in [0.05, 0.1) is 0 Å². The van der Waals surface area contributed by atoms with Crippen LogP contribution in [0.4, 0.5) is 0 Å². The van der Waals surface area contributed by atoms with E-state index in [0.29, 0.717) is 0 Å². The summed E-state index contributed by atoms with van der Waals surface area (Å²) in [5.74, 6) is 0. The largest absolute Gasteiger partial charge is 0.107 e. The minimum atomic E-state index is 0. The molecule has 0 aliphatic heterocycles. The fourth-order valence-corrected chi connectivity index (χ4v) is 0.781. The third-order valence-corrected chi connectivity index (χ3v) is 2.09. The third kappa shape index (κ3) is 2.07. The van der Waals surface area contributed by atoms with Gasteiger partial charge >= 0.3 is 59.9 Å². The summed E-state index contributed by atoms with van der Waals surface area (Å²) >= 11 is 3.39. The van der Waals surface area contributed by atoms with E-state index >= 15 is 0 Å². The summed E-state index contributed by atoms with van der Waals surface area (Å²) in [6.45, 7) is 0. The van der Waals surface area contributed by atoms with E-state index < -0.39 is 0 Å². The molecule has 0 aromatic carbocycles. The molecule has 0 spiro atoms. The first-order chi connectivity index (χ1) is 3.72. The molecule has 2 nitrogen and oxygen atoms in total. The Bertz CT molecular complexity index is 215. The summed E-state index contributed by atoms with van der Waals surface area (Å²) in [6.07, 6.45) is 3.98. The van der Waals surface area contributed by atoms with Crippen molar-refractivity contribution in [2.45, 2.75) is 0 Å². The van der Waals surface area contributed by atoms with Crippen LogP contribution in [-0.2, 0) is 34.7 Å². The van der Waals surface area contributed by atoms with Gasteiger partial charge in [-0.3, -0.25) is 0 Å². The number of hydrogen-bond acceptors (Lipinski definition) is 0. The Morgan fingerprint density at radius 3 is 1.67 bits per heavy atom. The van der Waals surface area contributed by atoms with E-state index in [1.165, 1.54) is 0 Å². The van der Waals surface area contributed by atoms with Gasteiger partial charge in [-0.05, 0) is 0 Å². The van der Waals surface area contributed by atoms with Gasteiger partial charge < -0.3 is 0 Å². The van der Waals surface area contributed by atoms with Crippen LogP contribution in [0.1, 0.15) is 0 Å². The predicted octanol–water partition coefficient (Wildman–Crippen LogP) is 1.06. The van der Waals surface area contributed by atoms with Gasteiger partial charge in [-0.2, -0.15) is 0 Å². The average Bonchev–Trinajstić information content (AvgIpc) is 1.98. The zero-order valence-corrected chi connectivity index (χ0v) is 9.07. The Labute approximate surface area is 83.3 Å². The smallest absolute Gasteiger partial charge is 0.107 e. The van der Waals surface area contributed by atoms with Crippen molar-refractivity contribution in [2.75, 3.05) is 0 Å². The maximum atomic E-state index is 3.39. The van der Waals surface area contributed by atoms with Gasteiger partial charge in [-0.1, -0.05) is 0 Å². The fraction of sp³-hybridized carbons (Fsp3) is 0.400. The Kier molecular flexibility index (Phi) is 4.04. The topological polar surface area (TPSA) is 9.86 Å². The van der Waals surface area contributed by atoms with E-state index in [4.69, 9.17) is 0 Å². The van der Waals surface area contributed by atoms with Crippen LogP contribution in [0.2, 0.25) is 0 Å². The minimum absolute atomic E-state index is 0. The van der Waals surface area contributed by atoms with Gasteiger partial charge in [0.1, 0.15) is 0 Å². The van der Waals surface area contributed by atoms with Gasteiger partial charge in [0.2, 0.25) is 0 Å². The summed E-state index contributed by atoms with van der Waals surface area (Å²) in [5.41, 5.74) is 0. The normalized spacial score (nSPS) is 8.89. The molecule has 0 unspecified atom stereocenters. The van der Waals surface area contributed by atoms with E-state index in [0.717, 1.165) is 3.63 Å². The molecule has 4 heteroatoms. The second-order valence-electron chi connectivity index (χ2n) is 1.75. The summed E-state index contributed by atoms with van der Waals surface area (Å²) in [4.78, 5) is 0. The maximum absolute atomic E-state index is 3.39. The summed E-state index contributed by atoms with van der Waals surface area (Å²) < 4.78 is 5.08. The Hall–Kier alpha value is 0.680. The van der Waals surface area contributed by atoms with Crippen molar-refractivity contribution in [1.29, 1.82) is 0 Å². The number of aromatic nitrogens is 2. The molecule has 0 N–H and O–H groups in total. The van der Waals surface area contributed by atoms with Gasteiger partial charge in [0, 0.05) is 0 Å². The van der Waals surface area contributed by atoms with Crippen LogP contribution >= 0.6 is 24.0 Å². The Balaban J connectivity index is 0.000000640. The minimum Gasteiger partial charge on any atom is -0.107 e. The molecule has 0 aliphatic rings. The number of aryl methyl sites for hydroxylation is 2. The van der Waals surface area contributed by atoms with E-state index in [1.807, 2.05) is 35.6 Å². The molecule has 1 aromatic rings. The van der Waals surface area contributed by atoms with Crippen molar-refractivity contribution in [1.82, 2.24) is 9.13 Å². The molecule has 0 aliphatic carbocycles. The maximum Gasteiger partial charge on any atom is -0.107 e. The van der Waals surface area contributed by atoms with E-state index in [9.17, 15) is 0 Å². The standard InChI is InChI=1S/C5H8N2.Ag.HI/c1-6-3-4-7(2)5-6;;/h3-4H,1-2H3;;1H. The second-order valence-corrected chi connectivity index (χ2v) is 2.42. The first-order valence-electron chi connectivity index (χ1n) is 2.34. The second kappa shape index (κ2) is 3.75. The summed E-state index contributed by atoms with van der Waals surface area (Å²) in [5, 5.41) is 0. The van der Waals surface area contributed by atoms with Crippen molar-refractivity contribution in [3.63, 3.8) is 0 Å². The summed E-state index contributed by atoms with van der Waals surface area (Å²) in [7, 11) is 3.98. The molecule has 0 saturated heterocycles. The average molecular weight is 332 g/mol. The molecular formula is C5H9AgIN2. The van der Waals surface area contributed by atoms with Crippen molar-refractivity contribution in [2.24, 2.45) is 14.1 Å². The van der Waals surface area contributed by atoms with Crippen molar-refractivity contribution in [3.05, 3.63) is 16.0 Å². The Morgan fingerprint density at radius 1 is 1.22 bits per heavy atom. The first kappa shape index (κ1) is 9.68. The molecule has 9 heavy (non-hydrogen) atoms. The van der Waals surface area contributed by atoms with Crippen LogP contribution < -0.4 is 0 Å². The number of rotatable bonds is 0. The van der Waals surface area contributed by atoms with Crippen LogP contribution in [0, 0.1) is 3.63 Å². The molecule has 1 aromatic heterocycles. The Morgan fingerprint density at radius 2 is 1.56 bits per heavy atom. The quantitative estimate of drug-likeness (QED) is 0.497. The fourth-order valence-electron chi connectivity index (χ4n) is 0.560. The van der Waals surface area contributed by atoms with E-state index in [-0.39, 0.29) is 24.0 Å². The number of imidazole rings is 1. The number of nitrogens with zero attached hydrogens (tertiary/aromatic N) is 2. The van der Waals surface area contributed by atoms with Crippen LogP contribution in [-0.4, -0.2) is 9.13 Å². The number of halogens is 1. The SMILES string of the molecule is Cn1ccn(C)[c]1=[Ag].I. The van der Waals surface area contributed by atoms with Crippen molar-refractivity contribution in [3.8, 4) is 0 Å². The first-order valence-corrected chi connectivity index (χ1v) is 3.08. The van der Waals surface area contributed by atoms with Gasteiger partial charge in [0.15, 0.2) is 0 Å². The van der Waals surface area contributed by atoms with Crippen molar-refractivity contribution >= 4 is 24.0 Å². The number of hydrogen-bond donors (Lipinski definition) is 0. The monoisotopic (exact) mass is 331 g/mol.